The largest absolute Gasteiger partial charge is 0.481 e. The van der Waals surface area contributed by atoms with Gasteiger partial charge in [-0.15, -0.1) is 0 Å². The Bertz CT molecular complexity index is 419. The molecular formula is C13H24N4O2. The van der Waals surface area contributed by atoms with E-state index in [9.17, 15) is 0 Å². The number of nitrogens with zero attached hydrogens (tertiary/aromatic N) is 3. The zero-order chi connectivity index (χ0) is 13.8. The molecule has 0 aromatic carbocycles. The molecule has 1 aliphatic heterocycles. The molecule has 0 aliphatic carbocycles. The lowest BCUT2D eigenvalue weighted by Crippen LogP contribution is -2.44. The topological polar surface area (TPSA) is 51.6 Å². The molecule has 0 saturated carbocycles. The fraction of sp³-hybridized carbons (Fsp3) is 0.769. The zero-order valence-electron chi connectivity index (χ0n) is 12.3. The van der Waals surface area contributed by atoms with E-state index < -0.39 is 0 Å². The molecule has 6 heteroatoms. The molecule has 108 valence electrons. The molecular weight excluding hydrogens is 244 g/mol. The molecule has 0 bridgehead atoms. The van der Waals surface area contributed by atoms with E-state index >= 15 is 0 Å². The lowest BCUT2D eigenvalue weighted by molar-refractivity contribution is -0.0182. The average Bonchev–Trinajstić information content (AvgIpc) is 2.64. The Morgan fingerprint density at radius 1 is 1.47 bits per heavy atom. The van der Waals surface area contributed by atoms with Gasteiger partial charge in [-0.05, 0) is 14.0 Å². The first-order valence-electron chi connectivity index (χ1n) is 6.69. The number of rotatable bonds is 5. The molecule has 0 unspecified atom stereocenters. The molecule has 0 radical (unpaired) electrons. The SMILES string of the molecule is COc1c(CNC[C@H]2CN(C)CCO2)c(C)nn1C. The van der Waals surface area contributed by atoms with Gasteiger partial charge in [0, 0.05) is 33.2 Å². The van der Waals surface area contributed by atoms with Gasteiger partial charge in [-0.25, -0.2) is 4.68 Å². The summed E-state index contributed by atoms with van der Waals surface area (Å²) in [5, 5.41) is 7.81. The molecule has 1 N–H and O–H groups in total. The fourth-order valence-electron chi connectivity index (χ4n) is 2.49. The monoisotopic (exact) mass is 268 g/mol. The molecule has 1 aromatic heterocycles. The van der Waals surface area contributed by atoms with Gasteiger partial charge >= 0.3 is 0 Å². The lowest BCUT2D eigenvalue weighted by Gasteiger charge is -2.30. The van der Waals surface area contributed by atoms with E-state index in [4.69, 9.17) is 9.47 Å². The molecule has 2 heterocycles. The Morgan fingerprint density at radius 2 is 2.26 bits per heavy atom. The number of aryl methyl sites for hydroxylation is 2. The van der Waals surface area contributed by atoms with Crippen LogP contribution in [0.2, 0.25) is 0 Å². The van der Waals surface area contributed by atoms with Crippen LogP contribution in [0, 0.1) is 6.92 Å². The van der Waals surface area contributed by atoms with Crippen molar-refractivity contribution in [1.29, 1.82) is 0 Å². The van der Waals surface area contributed by atoms with E-state index in [1.165, 1.54) is 0 Å². The summed E-state index contributed by atoms with van der Waals surface area (Å²) in [4.78, 5) is 2.30. The Hall–Kier alpha value is -1.11. The number of nitrogens with one attached hydrogen (secondary N) is 1. The first kappa shape index (κ1) is 14.3. The lowest BCUT2D eigenvalue weighted by atomic mass is 10.2. The van der Waals surface area contributed by atoms with E-state index in [0.717, 1.165) is 49.9 Å². The predicted octanol–water partition coefficient (Wildman–Crippen LogP) is 0.157. The Labute approximate surface area is 114 Å². The third-order valence-electron chi connectivity index (χ3n) is 3.50. The van der Waals surface area contributed by atoms with Crippen LogP contribution < -0.4 is 10.1 Å². The van der Waals surface area contributed by atoms with Crippen molar-refractivity contribution in [2.75, 3.05) is 40.4 Å². The molecule has 1 aromatic rings. The highest BCUT2D eigenvalue weighted by atomic mass is 16.5. The minimum atomic E-state index is 0.265. The summed E-state index contributed by atoms with van der Waals surface area (Å²) >= 11 is 0. The second kappa shape index (κ2) is 6.36. The summed E-state index contributed by atoms with van der Waals surface area (Å²) in [7, 11) is 5.71. The van der Waals surface area contributed by atoms with E-state index in [1.807, 2.05) is 14.0 Å². The summed E-state index contributed by atoms with van der Waals surface area (Å²) in [5.41, 5.74) is 2.13. The molecule has 0 amide bonds. The Kier molecular flexibility index (Phi) is 4.79. The minimum absolute atomic E-state index is 0.265. The number of aromatic nitrogens is 2. The minimum Gasteiger partial charge on any atom is -0.481 e. The van der Waals surface area contributed by atoms with Crippen LogP contribution in [0.25, 0.3) is 0 Å². The number of hydrogen-bond donors (Lipinski definition) is 1. The van der Waals surface area contributed by atoms with Gasteiger partial charge in [-0.2, -0.15) is 5.10 Å². The van der Waals surface area contributed by atoms with Gasteiger partial charge in [0.1, 0.15) is 0 Å². The average molecular weight is 268 g/mol. The smallest absolute Gasteiger partial charge is 0.216 e. The highest BCUT2D eigenvalue weighted by molar-refractivity contribution is 5.30. The van der Waals surface area contributed by atoms with Crippen LogP contribution in [-0.4, -0.2) is 61.2 Å². The Morgan fingerprint density at radius 3 is 2.95 bits per heavy atom. The quantitative estimate of drug-likeness (QED) is 0.824. The van der Waals surface area contributed by atoms with Gasteiger partial charge < -0.3 is 19.7 Å². The number of methoxy groups -OCH3 is 1. The molecule has 1 aliphatic rings. The zero-order valence-corrected chi connectivity index (χ0v) is 12.3. The first-order valence-corrected chi connectivity index (χ1v) is 6.69. The maximum absolute atomic E-state index is 5.72. The molecule has 6 nitrogen and oxygen atoms in total. The highest BCUT2D eigenvalue weighted by Gasteiger charge is 2.18. The summed E-state index contributed by atoms with van der Waals surface area (Å²) in [6.07, 6.45) is 0.265. The van der Waals surface area contributed by atoms with Crippen molar-refractivity contribution in [1.82, 2.24) is 20.0 Å². The standard InChI is InChI=1S/C13H24N4O2/c1-10-12(13(18-4)17(3)15-10)8-14-7-11-9-16(2)5-6-19-11/h11,14H,5-9H2,1-4H3/t11-/m0/s1. The summed E-state index contributed by atoms with van der Waals surface area (Å²) < 4.78 is 12.9. The molecule has 19 heavy (non-hydrogen) atoms. The maximum Gasteiger partial charge on any atom is 0.216 e. The van der Waals surface area contributed by atoms with Crippen molar-refractivity contribution < 1.29 is 9.47 Å². The second-order valence-electron chi connectivity index (χ2n) is 5.08. The number of hydrogen-bond acceptors (Lipinski definition) is 5. The van der Waals surface area contributed by atoms with E-state index in [0.29, 0.717) is 0 Å². The molecule has 1 atom stereocenters. The van der Waals surface area contributed by atoms with Crippen molar-refractivity contribution >= 4 is 0 Å². The summed E-state index contributed by atoms with van der Waals surface area (Å²) in [6.45, 7) is 6.43. The third-order valence-corrected chi connectivity index (χ3v) is 3.50. The van der Waals surface area contributed by atoms with Gasteiger partial charge in [-0.3, -0.25) is 0 Å². The molecule has 1 saturated heterocycles. The van der Waals surface area contributed by atoms with Crippen LogP contribution in [-0.2, 0) is 18.3 Å². The maximum atomic E-state index is 5.72. The fourth-order valence-corrected chi connectivity index (χ4v) is 2.49. The molecule has 2 rings (SSSR count). The van der Waals surface area contributed by atoms with Crippen molar-refractivity contribution in [2.24, 2.45) is 7.05 Å². The Balaban J connectivity index is 1.85. The number of likely N-dealkylation sites (N-methyl/N-ethyl adjacent to an activating group) is 1. The predicted molar refractivity (Wildman–Crippen MR) is 73.4 cm³/mol. The van der Waals surface area contributed by atoms with Crippen LogP contribution in [0.5, 0.6) is 5.88 Å². The third kappa shape index (κ3) is 3.46. The van der Waals surface area contributed by atoms with Gasteiger partial charge in [0.05, 0.1) is 31.1 Å². The van der Waals surface area contributed by atoms with Gasteiger partial charge in [-0.1, -0.05) is 0 Å². The van der Waals surface area contributed by atoms with E-state index in [-0.39, 0.29) is 6.10 Å². The highest BCUT2D eigenvalue weighted by Crippen LogP contribution is 2.20. The van der Waals surface area contributed by atoms with Crippen molar-refractivity contribution in [3.8, 4) is 5.88 Å². The number of ether oxygens (including phenoxy) is 2. The summed E-state index contributed by atoms with van der Waals surface area (Å²) in [6, 6.07) is 0. The van der Waals surface area contributed by atoms with Gasteiger partial charge in [0.15, 0.2) is 0 Å². The van der Waals surface area contributed by atoms with Crippen molar-refractivity contribution in [3.63, 3.8) is 0 Å². The second-order valence-corrected chi connectivity index (χ2v) is 5.08. The molecule has 1 fully saturated rings. The van der Waals surface area contributed by atoms with Crippen LogP contribution in [0.3, 0.4) is 0 Å². The van der Waals surface area contributed by atoms with Crippen LogP contribution >= 0.6 is 0 Å². The molecule has 0 spiro atoms. The van der Waals surface area contributed by atoms with Crippen molar-refractivity contribution in [3.05, 3.63) is 11.3 Å². The summed E-state index contributed by atoms with van der Waals surface area (Å²) in [5.74, 6) is 0.826. The van der Waals surface area contributed by atoms with Gasteiger partial charge in [0.2, 0.25) is 5.88 Å². The van der Waals surface area contributed by atoms with Gasteiger partial charge in [0.25, 0.3) is 0 Å². The number of morpholine rings is 1. The van der Waals surface area contributed by atoms with Crippen LogP contribution in [0.4, 0.5) is 0 Å². The van der Waals surface area contributed by atoms with E-state index in [2.05, 4.69) is 22.4 Å². The normalized spacial score (nSPS) is 20.7. The van der Waals surface area contributed by atoms with Crippen molar-refractivity contribution in [2.45, 2.75) is 19.6 Å². The van der Waals surface area contributed by atoms with E-state index in [1.54, 1.807) is 11.8 Å². The van der Waals surface area contributed by atoms with Crippen LogP contribution in [0.15, 0.2) is 0 Å². The first-order chi connectivity index (χ1) is 9.11. The van der Waals surface area contributed by atoms with Crippen LogP contribution in [0.1, 0.15) is 11.3 Å².